The predicted molar refractivity (Wildman–Crippen MR) is 104 cm³/mol. The van der Waals surface area contributed by atoms with Gasteiger partial charge in [0.15, 0.2) is 4.77 Å². The first-order valence-corrected chi connectivity index (χ1v) is 11.0. The molecule has 16 heteroatoms. The summed E-state index contributed by atoms with van der Waals surface area (Å²) in [5, 5.41) is 9.22. The molecule has 0 saturated heterocycles. The van der Waals surface area contributed by atoms with E-state index in [0.29, 0.717) is 21.3 Å². The maximum Gasteiger partial charge on any atom is 0.431 e. The van der Waals surface area contributed by atoms with Crippen molar-refractivity contribution in [1.29, 1.82) is 5.26 Å². The molecule has 31 heavy (non-hydrogen) atoms. The standard InChI is InChI=1S/C15H12F4N4O5S3/c1-3-31(27,28)23(30(25)26)10-5-11(9(16)4-8(10)7-20)22-13(24)6-12(15(17,18)19)21(2)14(22)29/h4-6H,3H2,1-2H3,(H,25,26). The maximum atomic E-state index is 14.7. The van der Waals surface area contributed by atoms with Crippen LogP contribution in [0.5, 0.6) is 0 Å². The zero-order chi connectivity index (χ0) is 23.9. The van der Waals surface area contributed by atoms with Crippen LogP contribution in [0, 0.1) is 21.9 Å². The molecule has 0 amide bonds. The summed E-state index contributed by atoms with van der Waals surface area (Å²) in [6.07, 6.45) is -4.95. The summed E-state index contributed by atoms with van der Waals surface area (Å²) >= 11 is 1.62. The van der Waals surface area contributed by atoms with Crippen molar-refractivity contribution in [2.75, 3.05) is 9.46 Å². The Morgan fingerprint density at radius 3 is 2.35 bits per heavy atom. The van der Waals surface area contributed by atoms with Crippen molar-refractivity contribution in [3.63, 3.8) is 0 Å². The van der Waals surface area contributed by atoms with E-state index in [0.717, 1.165) is 14.0 Å². The largest absolute Gasteiger partial charge is 0.431 e. The molecule has 0 radical (unpaired) electrons. The van der Waals surface area contributed by atoms with Crippen LogP contribution in [-0.2, 0) is 34.5 Å². The molecule has 0 aliphatic heterocycles. The van der Waals surface area contributed by atoms with Gasteiger partial charge in [-0.1, -0.05) is 0 Å². The van der Waals surface area contributed by atoms with E-state index in [1.54, 1.807) is 0 Å². The molecule has 9 nitrogen and oxygen atoms in total. The van der Waals surface area contributed by atoms with Gasteiger partial charge in [0, 0.05) is 13.1 Å². The highest BCUT2D eigenvalue weighted by Crippen LogP contribution is 2.31. The molecule has 0 aliphatic carbocycles. The Bertz CT molecular complexity index is 1340. The normalized spacial score (nSPS) is 13.0. The average molecular weight is 500 g/mol. The second-order valence-electron chi connectivity index (χ2n) is 5.83. The van der Waals surface area contributed by atoms with Gasteiger partial charge in [0.05, 0.1) is 22.7 Å². The number of hydrogen-bond acceptors (Lipinski definition) is 6. The van der Waals surface area contributed by atoms with Crippen LogP contribution >= 0.6 is 12.2 Å². The van der Waals surface area contributed by atoms with Crippen LogP contribution in [0.15, 0.2) is 23.0 Å². The summed E-state index contributed by atoms with van der Waals surface area (Å²) in [6, 6.07) is 2.64. The Labute approximate surface area is 180 Å². The Balaban J connectivity index is 2.98. The molecular formula is C15H12F4N4O5S3. The van der Waals surface area contributed by atoms with Crippen LogP contribution in [0.2, 0.25) is 0 Å². The van der Waals surface area contributed by atoms with Gasteiger partial charge in [-0.2, -0.15) is 22.1 Å². The zero-order valence-corrected chi connectivity index (χ0v) is 18.0. The lowest BCUT2D eigenvalue weighted by molar-refractivity contribution is -0.143. The van der Waals surface area contributed by atoms with Crippen LogP contribution in [0.25, 0.3) is 5.69 Å². The number of alkyl halides is 3. The summed E-state index contributed by atoms with van der Waals surface area (Å²) in [7, 11) is -3.59. The van der Waals surface area contributed by atoms with Gasteiger partial charge >= 0.3 is 6.18 Å². The van der Waals surface area contributed by atoms with E-state index in [2.05, 4.69) is 0 Å². The molecule has 1 aromatic carbocycles. The molecule has 2 rings (SSSR count). The predicted octanol–water partition coefficient (Wildman–Crippen LogP) is 2.23. The monoisotopic (exact) mass is 500 g/mol. The third-order valence-corrected chi connectivity index (χ3v) is 7.43. The number of halogens is 4. The lowest BCUT2D eigenvalue weighted by Gasteiger charge is -2.22. The van der Waals surface area contributed by atoms with Crippen LogP contribution in [0.4, 0.5) is 23.2 Å². The molecule has 0 bridgehead atoms. The van der Waals surface area contributed by atoms with E-state index in [1.807, 2.05) is 0 Å². The minimum absolute atomic E-state index is 0.0767. The molecule has 0 saturated carbocycles. The van der Waals surface area contributed by atoms with Crippen LogP contribution in [-0.4, -0.2) is 32.1 Å². The third-order valence-electron chi connectivity index (χ3n) is 3.99. The quantitative estimate of drug-likeness (QED) is 0.379. The van der Waals surface area contributed by atoms with Gasteiger partial charge in [0.25, 0.3) is 16.8 Å². The van der Waals surface area contributed by atoms with E-state index >= 15 is 0 Å². The fourth-order valence-corrected chi connectivity index (χ4v) is 4.92. The first-order chi connectivity index (χ1) is 14.2. The summed E-state index contributed by atoms with van der Waals surface area (Å²) in [4.78, 5) is 12.3. The average Bonchev–Trinajstić information content (AvgIpc) is 2.65. The van der Waals surface area contributed by atoms with Gasteiger partial charge < -0.3 is 4.57 Å². The van der Waals surface area contributed by atoms with Gasteiger partial charge in [-0.15, -0.1) is 0 Å². The Kier molecular flexibility index (Phi) is 6.76. The first kappa shape index (κ1) is 24.7. The molecule has 1 N–H and O–H groups in total. The van der Waals surface area contributed by atoms with Gasteiger partial charge in [0.1, 0.15) is 17.6 Å². The van der Waals surface area contributed by atoms with Gasteiger partial charge in [-0.25, -0.2) is 17.0 Å². The molecule has 1 aromatic heterocycles. The summed E-state index contributed by atoms with van der Waals surface area (Å²) in [5.41, 5.74) is -5.10. The number of sulfonamides is 1. The van der Waals surface area contributed by atoms with E-state index in [4.69, 9.17) is 12.2 Å². The Morgan fingerprint density at radius 2 is 1.90 bits per heavy atom. The minimum Gasteiger partial charge on any atom is -0.317 e. The molecule has 168 valence electrons. The van der Waals surface area contributed by atoms with Crippen LogP contribution < -0.4 is 9.27 Å². The minimum atomic E-state index is -4.95. The summed E-state index contributed by atoms with van der Waals surface area (Å²) < 4.78 is 99.4. The number of rotatable bonds is 5. The highest BCUT2D eigenvalue weighted by Gasteiger charge is 2.35. The molecule has 1 unspecified atom stereocenters. The second-order valence-corrected chi connectivity index (χ2v) is 9.36. The molecule has 0 aliphatic rings. The highest BCUT2D eigenvalue weighted by atomic mass is 32.3. The number of anilines is 1. The lowest BCUT2D eigenvalue weighted by Crippen LogP contribution is -2.35. The van der Waals surface area contributed by atoms with Crippen molar-refractivity contribution in [2.45, 2.75) is 13.1 Å². The van der Waals surface area contributed by atoms with Crippen molar-refractivity contribution >= 4 is 39.2 Å². The Morgan fingerprint density at radius 1 is 1.32 bits per heavy atom. The number of benzene rings is 1. The van der Waals surface area contributed by atoms with Crippen LogP contribution in [0.3, 0.4) is 0 Å². The molecule has 1 atom stereocenters. The Hall–Kier alpha value is -2.61. The SMILES string of the molecule is CCS(=O)(=O)N(c1cc(-n2c(=O)cc(C(F)(F)F)n(C)c2=S)c(F)cc1C#N)S(=O)O. The smallest absolute Gasteiger partial charge is 0.317 e. The van der Waals surface area contributed by atoms with Crippen molar-refractivity contribution in [2.24, 2.45) is 7.05 Å². The summed E-state index contributed by atoms with van der Waals surface area (Å²) in [6.45, 7) is 1.13. The van der Waals surface area contributed by atoms with Crippen molar-refractivity contribution in [1.82, 2.24) is 9.13 Å². The van der Waals surface area contributed by atoms with Crippen molar-refractivity contribution < 1.29 is 34.7 Å². The van der Waals surface area contributed by atoms with Crippen molar-refractivity contribution in [3.05, 3.63) is 50.4 Å². The molecule has 2 aromatic rings. The number of aromatic nitrogens is 2. The highest BCUT2D eigenvalue weighted by molar-refractivity contribution is 8.05. The lowest BCUT2D eigenvalue weighted by atomic mass is 10.1. The number of nitriles is 1. The second kappa shape index (κ2) is 8.49. The van der Waals surface area contributed by atoms with Crippen molar-refractivity contribution in [3.8, 4) is 11.8 Å². The fraction of sp³-hybridized carbons (Fsp3) is 0.267. The van der Waals surface area contributed by atoms with E-state index in [9.17, 15) is 44.8 Å². The van der Waals surface area contributed by atoms with E-state index in [1.165, 1.54) is 6.07 Å². The first-order valence-electron chi connectivity index (χ1n) is 7.95. The van der Waals surface area contributed by atoms with E-state index in [-0.39, 0.29) is 9.78 Å². The van der Waals surface area contributed by atoms with Gasteiger partial charge in [-0.3, -0.25) is 13.9 Å². The summed E-state index contributed by atoms with van der Waals surface area (Å²) in [5.74, 6) is -2.00. The molecule has 0 spiro atoms. The number of nitrogens with zero attached hydrogens (tertiary/aromatic N) is 4. The van der Waals surface area contributed by atoms with Crippen LogP contribution in [0.1, 0.15) is 18.2 Å². The molecular weight excluding hydrogens is 488 g/mol. The van der Waals surface area contributed by atoms with Gasteiger partial charge in [-0.05, 0) is 31.3 Å². The zero-order valence-electron chi connectivity index (χ0n) is 15.5. The fourth-order valence-electron chi connectivity index (χ4n) is 2.53. The number of hydrogen-bond donors (Lipinski definition) is 1. The van der Waals surface area contributed by atoms with Gasteiger partial charge in [0.2, 0.25) is 10.0 Å². The third kappa shape index (κ3) is 4.54. The molecule has 0 fully saturated rings. The molecule has 1 heterocycles. The van der Waals surface area contributed by atoms with E-state index < -0.39 is 72.0 Å². The maximum absolute atomic E-state index is 14.7. The topological polar surface area (TPSA) is 125 Å².